The van der Waals surface area contributed by atoms with Gasteiger partial charge in [-0.3, -0.25) is 9.59 Å². The van der Waals surface area contributed by atoms with Crippen LogP contribution in [0.25, 0.3) is 10.9 Å². The van der Waals surface area contributed by atoms with Gasteiger partial charge in [-0.05, 0) is 36.6 Å². The molecule has 0 unspecified atom stereocenters. The highest BCUT2D eigenvalue weighted by molar-refractivity contribution is 5.77. The van der Waals surface area contributed by atoms with Gasteiger partial charge in [0.15, 0.2) is 0 Å². The average Bonchev–Trinajstić information content (AvgIpc) is 3.27. The molecule has 1 N–H and O–H groups in total. The van der Waals surface area contributed by atoms with Crippen LogP contribution in [0.4, 0.5) is 5.69 Å². The topological polar surface area (TPSA) is 80.1 Å². The van der Waals surface area contributed by atoms with Crippen LogP contribution in [0.5, 0.6) is 0 Å². The zero-order valence-corrected chi connectivity index (χ0v) is 15.7. The van der Waals surface area contributed by atoms with E-state index in [1.165, 1.54) is 23.2 Å². The number of hydrogen-bond acceptors (Lipinski definition) is 5. The van der Waals surface area contributed by atoms with E-state index in [1.54, 1.807) is 18.2 Å². The van der Waals surface area contributed by atoms with Crippen molar-refractivity contribution in [2.45, 2.75) is 32.4 Å². The molecule has 1 fully saturated rings. The number of anilines is 1. The number of carbonyl (C=O) groups excluding carboxylic acids is 1. The fraction of sp³-hybridized carbons (Fsp3) is 0.333. The van der Waals surface area contributed by atoms with Crippen molar-refractivity contribution in [1.29, 1.82) is 0 Å². The lowest BCUT2D eigenvalue weighted by molar-refractivity contribution is -0.121. The van der Waals surface area contributed by atoms with Crippen LogP contribution in [0.15, 0.2) is 53.3 Å². The summed E-state index contributed by atoms with van der Waals surface area (Å²) in [4.78, 5) is 27.1. The summed E-state index contributed by atoms with van der Waals surface area (Å²) in [6, 6.07) is 15.3. The minimum Gasteiger partial charge on any atom is -0.371 e. The summed E-state index contributed by atoms with van der Waals surface area (Å²) in [6.07, 6.45) is 2.60. The lowest BCUT2D eigenvalue weighted by Crippen LogP contribution is -2.29. The van der Waals surface area contributed by atoms with Crippen LogP contribution in [0.2, 0.25) is 0 Å². The monoisotopic (exact) mass is 377 g/mol. The number of benzene rings is 2. The number of amides is 1. The predicted octanol–water partition coefficient (Wildman–Crippen LogP) is 2.10. The highest BCUT2D eigenvalue weighted by Gasteiger charge is 2.15. The maximum atomic E-state index is 12.4. The van der Waals surface area contributed by atoms with Gasteiger partial charge in [0.1, 0.15) is 5.52 Å². The van der Waals surface area contributed by atoms with E-state index >= 15 is 0 Å². The maximum Gasteiger partial charge on any atom is 0.277 e. The summed E-state index contributed by atoms with van der Waals surface area (Å²) in [6.45, 7) is 2.81. The summed E-state index contributed by atoms with van der Waals surface area (Å²) in [7, 11) is 0. The highest BCUT2D eigenvalue weighted by atomic mass is 16.2. The van der Waals surface area contributed by atoms with Gasteiger partial charge >= 0.3 is 0 Å². The Morgan fingerprint density at radius 1 is 1.04 bits per heavy atom. The molecule has 1 amide bonds. The van der Waals surface area contributed by atoms with Crippen molar-refractivity contribution in [2.75, 3.05) is 18.0 Å². The van der Waals surface area contributed by atoms with Crippen LogP contribution >= 0.6 is 0 Å². The van der Waals surface area contributed by atoms with Crippen LogP contribution in [0.3, 0.4) is 0 Å². The van der Waals surface area contributed by atoms with Gasteiger partial charge in [0.25, 0.3) is 5.56 Å². The van der Waals surface area contributed by atoms with E-state index in [-0.39, 0.29) is 24.4 Å². The average molecular weight is 377 g/mol. The number of aromatic nitrogens is 3. The van der Waals surface area contributed by atoms with Crippen molar-refractivity contribution in [3.63, 3.8) is 0 Å². The Morgan fingerprint density at radius 2 is 1.79 bits per heavy atom. The molecule has 1 aliphatic rings. The Morgan fingerprint density at radius 3 is 2.64 bits per heavy atom. The zero-order chi connectivity index (χ0) is 19.3. The second-order valence-electron chi connectivity index (χ2n) is 6.98. The summed E-state index contributed by atoms with van der Waals surface area (Å²) in [5.74, 6) is -0.113. The van der Waals surface area contributed by atoms with E-state index in [9.17, 15) is 9.59 Å². The van der Waals surface area contributed by atoms with Gasteiger partial charge in [-0.15, -0.1) is 5.10 Å². The molecular weight excluding hydrogens is 354 g/mol. The third-order valence-electron chi connectivity index (χ3n) is 5.09. The van der Waals surface area contributed by atoms with E-state index < -0.39 is 0 Å². The van der Waals surface area contributed by atoms with Gasteiger partial charge in [0.2, 0.25) is 5.91 Å². The number of para-hydroxylation sites is 1. The molecule has 0 atom stereocenters. The van der Waals surface area contributed by atoms with Crippen molar-refractivity contribution in [2.24, 2.45) is 0 Å². The molecule has 4 rings (SSSR count). The first kappa shape index (κ1) is 18.2. The SMILES string of the molecule is O=C(CCn1nnc2ccccc2c1=O)NCc1ccccc1N1CCCC1. The first-order valence-electron chi connectivity index (χ1n) is 9.64. The third kappa shape index (κ3) is 3.88. The number of hydrogen-bond donors (Lipinski definition) is 1. The molecule has 1 aromatic heterocycles. The Balaban J connectivity index is 1.37. The van der Waals surface area contributed by atoms with Gasteiger partial charge < -0.3 is 10.2 Å². The van der Waals surface area contributed by atoms with Gasteiger partial charge in [0.05, 0.1) is 11.9 Å². The number of nitrogens with one attached hydrogen (secondary N) is 1. The zero-order valence-electron chi connectivity index (χ0n) is 15.7. The molecule has 144 valence electrons. The summed E-state index contributed by atoms with van der Waals surface area (Å²) >= 11 is 0. The molecule has 0 bridgehead atoms. The first-order valence-corrected chi connectivity index (χ1v) is 9.64. The van der Waals surface area contributed by atoms with E-state index in [1.807, 2.05) is 24.3 Å². The molecule has 3 aromatic rings. The first-order chi connectivity index (χ1) is 13.7. The molecule has 1 aliphatic heterocycles. The maximum absolute atomic E-state index is 12.4. The van der Waals surface area contributed by atoms with Crippen molar-refractivity contribution < 1.29 is 4.79 Å². The molecule has 7 nitrogen and oxygen atoms in total. The van der Waals surface area contributed by atoms with Crippen molar-refractivity contribution in [3.05, 3.63) is 64.4 Å². The molecule has 0 radical (unpaired) electrons. The van der Waals surface area contributed by atoms with Crippen LogP contribution < -0.4 is 15.8 Å². The van der Waals surface area contributed by atoms with Crippen molar-refractivity contribution >= 4 is 22.5 Å². The quantitative estimate of drug-likeness (QED) is 0.712. The molecule has 0 saturated carbocycles. The lowest BCUT2D eigenvalue weighted by atomic mass is 10.1. The van der Waals surface area contributed by atoms with Crippen LogP contribution in [-0.4, -0.2) is 34.0 Å². The lowest BCUT2D eigenvalue weighted by Gasteiger charge is -2.21. The van der Waals surface area contributed by atoms with Crippen molar-refractivity contribution in [1.82, 2.24) is 20.3 Å². The smallest absolute Gasteiger partial charge is 0.277 e. The highest BCUT2D eigenvalue weighted by Crippen LogP contribution is 2.24. The number of fused-ring (bicyclic) bond motifs is 1. The van der Waals surface area contributed by atoms with Crippen LogP contribution in [-0.2, 0) is 17.9 Å². The molecule has 1 saturated heterocycles. The summed E-state index contributed by atoms with van der Waals surface area (Å²) < 4.78 is 1.25. The van der Waals surface area contributed by atoms with Gasteiger partial charge in [-0.1, -0.05) is 35.5 Å². The second kappa shape index (κ2) is 8.21. The van der Waals surface area contributed by atoms with Crippen LogP contribution in [0, 0.1) is 0 Å². The fourth-order valence-corrected chi connectivity index (χ4v) is 3.59. The van der Waals surface area contributed by atoms with Crippen molar-refractivity contribution in [3.8, 4) is 0 Å². The van der Waals surface area contributed by atoms with E-state index in [4.69, 9.17) is 0 Å². The van der Waals surface area contributed by atoms with E-state index in [2.05, 4.69) is 26.6 Å². The number of carbonyl (C=O) groups is 1. The Bertz CT molecular complexity index is 1040. The minimum absolute atomic E-state index is 0.113. The Hall–Kier alpha value is -3.22. The molecule has 7 heteroatoms. The van der Waals surface area contributed by atoms with Gasteiger partial charge in [-0.25, -0.2) is 4.68 Å². The largest absolute Gasteiger partial charge is 0.371 e. The number of nitrogens with zero attached hydrogens (tertiary/aromatic N) is 4. The van der Waals surface area contributed by atoms with E-state index in [0.29, 0.717) is 17.4 Å². The third-order valence-corrected chi connectivity index (χ3v) is 5.09. The molecule has 28 heavy (non-hydrogen) atoms. The van der Waals surface area contributed by atoms with Gasteiger partial charge in [0, 0.05) is 31.7 Å². The Labute approximate surface area is 163 Å². The van der Waals surface area contributed by atoms with Gasteiger partial charge in [-0.2, -0.15) is 0 Å². The molecule has 0 spiro atoms. The van der Waals surface area contributed by atoms with E-state index in [0.717, 1.165) is 18.7 Å². The summed E-state index contributed by atoms with van der Waals surface area (Å²) in [5.41, 5.74) is 2.64. The standard InChI is InChI=1S/C21H23N5O2/c27-20(11-14-26-21(28)17-8-2-3-9-18(17)23-24-26)22-15-16-7-1-4-10-19(16)25-12-5-6-13-25/h1-4,7-10H,5-6,11-15H2,(H,22,27). The minimum atomic E-state index is -0.224. The number of aryl methyl sites for hydroxylation is 1. The molecule has 2 aromatic carbocycles. The number of rotatable bonds is 6. The van der Waals surface area contributed by atoms with Crippen LogP contribution in [0.1, 0.15) is 24.8 Å². The predicted molar refractivity (Wildman–Crippen MR) is 108 cm³/mol. The normalized spacial score (nSPS) is 13.8. The molecule has 0 aliphatic carbocycles. The molecular formula is C21H23N5O2. The second-order valence-corrected chi connectivity index (χ2v) is 6.98. The fourth-order valence-electron chi connectivity index (χ4n) is 3.59. The molecule has 2 heterocycles. The summed E-state index contributed by atoms with van der Waals surface area (Å²) in [5, 5.41) is 11.4. The Kier molecular flexibility index (Phi) is 5.32.